The molecule has 0 radical (unpaired) electrons. The zero-order valence-corrected chi connectivity index (χ0v) is 8.21. The van der Waals surface area contributed by atoms with E-state index in [4.69, 9.17) is 0 Å². The predicted molar refractivity (Wildman–Crippen MR) is 55.9 cm³/mol. The summed E-state index contributed by atoms with van der Waals surface area (Å²) >= 11 is 0. The average molecular weight is 189 g/mol. The maximum absolute atomic E-state index is 10.1. The first-order valence-electron chi connectivity index (χ1n) is 5.38. The summed E-state index contributed by atoms with van der Waals surface area (Å²) in [5.74, 6) is 0. The highest BCUT2D eigenvalue weighted by Gasteiger charge is 2.32. The Kier molecular flexibility index (Phi) is 1.85. The van der Waals surface area contributed by atoms with E-state index in [0.717, 1.165) is 32.4 Å². The van der Waals surface area contributed by atoms with Gasteiger partial charge in [-0.2, -0.15) is 0 Å². The maximum Gasteiger partial charge on any atom is 0.101 e. The molecule has 0 aromatic rings. The Labute approximate surface area is 84.0 Å². The summed E-state index contributed by atoms with van der Waals surface area (Å²) in [7, 11) is 0. The van der Waals surface area contributed by atoms with Crippen LogP contribution in [0.1, 0.15) is 19.3 Å². The first-order valence-corrected chi connectivity index (χ1v) is 5.38. The normalized spacial score (nSPS) is 30.8. The molecule has 0 bridgehead atoms. The van der Waals surface area contributed by atoms with Crippen LogP contribution in [0, 0.1) is 0 Å². The van der Waals surface area contributed by atoms with Crippen LogP contribution in [0.4, 0.5) is 0 Å². The van der Waals surface area contributed by atoms with Crippen molar-refractivity contribution < 1.29 is 5.11 Å². The predicted octanol–water partition coefficient (Wildman–Crippen LogP) is 1.30. The molecule has 0 spiro atoms. The van der Waals surface area contributed by atoms with Crippen molar-refractivity contribution in [2.45, 2.75) is 25.4 Å². The third kappa shape index (κ3) is 1.04. The van der Waals surface area contributed by atoms with E-state index in [-0.39, 0.29) is 6.10 Å². The summed E-state index contributed by atoms with van der Waals surface area (Å²) in [5, 5.41) is 13.5. The van der Waals surface area contributed by atoms with Gasteiger partial charge >= 0.3 is 0 Å². The second-order valence-electron chi connectivity index (χ2n) is 4.21. The van der Waals surface area contributed by atoms with Gasteiger partial charge in [-0.15, -0.1) is 0 Å². The Morgan fingerprint density at radius 2 is 2.21 bits per heavy atom. The van der Waals surface area contributed by atoms with E-state index in [0.29, 0.717) is 0 Å². The van der Waals surface area contributed by atoms with Crippen LogP contribution >= 0.6 is 0 Å². The fraction of sp³-hybridized carbons (Fsp3) is 0.500. The second-order valence-corrected chi connectivity index (χ2v) is 4.21. The zero-order chi connectivity index (χ0) is 9.54. The third-order valence-electron chi connectivity index (χ3n) is 3.46. The van der Waals surface area contributed by atoms with Crippen LogP contribution in [-0.2, 0) is 0 Å². The Morgan fingerprint density at radius 3 is 3.14 bits per heavy atom. The van der Waals surface area contributed by atoms with Crippen LogP contribution in [0.2, 0.25) is 0 Å². The number of allylic oxidation sites excluding steroid dienone is 1. The molecular formula is C12H15NO. The van der Waals surface area contributed by atoms with Gasteiger partial charge in [-0.3, -0.25) is 0 Å². The molecule has 0 amide bonds. The molecular weight excluding hydrogens is 174 g/mol. The van der Waals surface area contributed by atoms with E-state index in [1.807, 2.05) is 0 Å². The number of hydrogen-bond acceptors (Lipinski definition) is 2. The molecule has 2 aliphatic carbocycles. The Bertz CT molecular complexity index is 363. The summed E-state index contributed by atoms with van der Waals surface area (Å²) in [6.07, 6.45) is 7.25. The fourth-order valence-corrected chi connectivity index (χ4v) is 2.76. The number of nitrogens with one attached hydrogen (secondary N) is 1. The van der Waals surface area contributed by atoms with Crippen LogP contribution in [0.25, 0.3) is 0 Å². The quantitative estimate of drug-likeness (QED) is 0.602. The first-order chi connectivity index (χ1) is 6.88. The van der Waals surface area contributed by atoms with E-state index in [1.54, 1.807) is 0 Å². The Hall–Kier alpha value is -0.860. The van der Waals surface area contributed by atoms with Gasteiger partial charge in [0.05, 0.1) is 0 Å². The second kappa shape index (κ2) is 3.07. The van der Waals surface area contributed by atoms with E-state index in [9.17, 15) is 5.11 Å². The van der Waals surface area contributed by atoms with Crippen molar-refractivity contribution in [1.29, 1.82) is 0 Å². The van der Waals surface area contributed by atoms with Crippen LogP contribution in [-0.4, -0.2) is 24.3 Å². The molecule has 74 valence electrons. The Balaban J connectivity index is 2.06. The van der Waals surface area contributed by atoms with E-state index in [2.05, 4.69) is 17.5 Å². The number of aliphatic hydroxyl groups is 1. The molecule has 14 heavy (non-hydrogen) atoms. The average Bonchev–Trinajstić information content (AvgIpc) is 2.55. The minimum Gasteiger partial charge on any atom is -0.384 e. The highest BCUT2D eigenvalue weighted by atomic mass is 16.3. The largest absolute Gasteiger partial charge is 0.384 e. The van der Waals surface area contributed by atoms with E-state index < -0.39 is 0 Å². The van der Waals surface area contributed by atoms with Gasteiger partial charge < -0.3 is 10.4 Å². The van der Waals surface area contributed by atoms with Crippen LogP contribution in [0.3, 0.4) is 0 Å². The van der Waals surface area contributed by atoms with Gasteiger partial charge in [-0.05, 0) is 48.1 Å². The summed E-state index contributed by atoms with van der Waals surface area (Å²) < 4.78 is 0. The fourth-order valence-electron chi connectivity index (χ4n) is 2.76. The van der Waals surface area contributed by atoms with Gasteiger partial charge in [-0.1, -0.05) is 12.2 Å². The molecule has 0 aromatic heterocycles. The van der Waals surface area contributed by atoms with E-state index in [1.165, 1.54) is 22.3 Å². The summed E-state index contributed by atoms with van der Waals surface area (Å²) in [5.41, 5.74) is 5.27. The zero-order valence-electron chi connectivity index (χ0n) is 8.21. The lowest BCUT2D eigenvalue weighted by molar-refractivity contribution is 0.246. The molecule has 1 aliphatic heterocycles. The van der Waals surface area contributed by atoms with Crippen molar-refractivity contribution in [1.82, 2.24) is 5.32 Å². The summed E-state index contributed by atoms with van der Waals surface area (Å²) in [4.78, 5) is 0. The first kappa shape index (κ1) is 8.45. The van der Waals surface area contributed by atoms with Gasteiger partial charge in [0.15, 0.2) is 0 Å². The molecule has 2 nitrogen and oxygen atoms in total. The standard InChI is InChI=1S/C12H15NO/c14-12-9-4-2-1-3-8(9)11-7-13-6-5-10(11)12/h2,4,12-14H,1,3,5-7H2. The van der Waals surface area contributed by atoms with Crippen LogP contribution < -0.4 is 5.32 Å². The topological polar surface area (TPSA) is 32.3 Å². The van der Waals surface area contributed by atoms with Crippen LogP contribution in [0.15, 0.2) is 34.4 Å². The number of fused-ring (bicyclic) bond motifs is 1. The van der Waals surface area contributed by atoms with Gasteiger partial charge in [-0.25, -0.2) is 0 Å². The molecule has 3 aliphatic rings. The number of aliphatic hydroxyl groups excluding tert-OH is 1. The third-order valence-corrected chi connectivity index (χ3v) is 3.46. The Morgan fingerprint density at radius 1 is 1.29 bits per heavy atom. The molecule has 2 N–H and O–H groups in total. The van der Waals surface area contributed by atoms with Crippen molar-refractivity contribution in [3.8, 4) is 0 Å². The molecule has 2 heteroatoms. The van der Waals surface area contributed by atoms with Gasteiger partial charge in [0.25, 0.3) is 0 Å². The van der Waals surface area contributed by atoms with Crippen molar-refractivity contribution in [2.24, 2.45) is 0 Å². The maximum atomic E-state index is 10.1. The summed E-state index contributed by atoms with van der Waals surface area (Å²) in [6, 6.07) is 0. The molecule has 0 aromatic carbocycles. The highest BCUT2D eigenvalue weighted by molar-refractivity contribution is 5.57. The van der Waals surface area contributed by atoms with Gasteiger partial charge in [0.1, 0.15) is 6.10 Å². The van der Waals surface area contributed by atoms with Crippen molar-refractivity contribution in [2.75, 3.05) is 13.1 Å². The lowest BCUT2D eigenvalue weighted by Gasteiger charge is -2.19. The monoisotopic (exact) mass is 189 g/mol. The minimum absolute atomic E-state index is 0.293. The number of rotatable bonds is 0. The molecule has 0 fully saturated rings. The molecule has 1 heterocycles. The SMILES string of the molecule is OC1C2=C(CCC=C2)C2=C1CCNC2. The number of hydrogen-bond donors (Lipinski definition) is 2. The molecule has 1 unspecified atom stereocenters. The van der Waals surface area contributed by atoms with Gasteiger partial charge in [0.2, 0.25) is 0 Å². The molecule has 3 rings (SSSR count). The smallest absolute Gasteiger partial charge is 0.101 e. The highest BCUT2D eigenvalue weighted by Crippen LogP contribution is 2.40. The van der Waals surface area contributed by atoms with Crippen LogP contribution in [0.5, 0.6) is 0 Å². The summed E-state index contributed by atoms with van der Waals surface area (Å²) in [6.45, 7) is 1.97. The molecule has 0 saturated heterocycles. The van der Waals surface area contributed by atoms with Crippen molar-refractivity contribution >= 4 is 0 Å². The minimum atomic E-state index is -0.293. The van der Waals surface area contributed by atoms with Gasteiger partial charge in [0, 0.05) is 6.54 Å². The molecule has 0 saturated carbocycles. The molecule has 1 atom stereocenters. The van der Waals surface area contributed by atoms with Crippen molar-refractivity contribution in [3.63, 3.8) is 0 Å². The lowest BCUT2D eigenvalue weighted by Crippen LogP contribution is -2.26. The lowest BCUT2D eigenvalue weighted by atomic mass is 9.95. The van der Waals surface area contributed by atoms with E-state index >= 15 is 0 Å². The van der Waals surface area contributed by atoms with Crippen molar-refractivity contribution in [3.05, 3.63) is 34.4 Å².